The number of fused-ring (bicyclic) bond motifs is 1. The molecule has 4 rings (SSSR count). The number of nitrogens with one attached hydrogen (secondary N) is 1. The van der Waals surface area contributed by atoms with Gasteiger partial charge in [-0.25, -0.2) is 17.8 Å². The minimum Gasteiger partial charge on any atom is -0.267 e. The lowest BCUT2D eigenvalue weighted by molar-refractivity contribution is 0.590. The zero-order chi connectivity index (χ0) is 19.9. The average molecular weight is 419 g/mol. The third-order valence-electron chi connectivity index (χ3n) is 4.63. The fourth-order valence-electron chi connectivity index (χ4n) is 3.46. The van der Waals surface area contributed by atoms with Gasteiger partial charge in [-0.2, -0.15) is 5.10 Å². The van der Waals surface area contributed by atoms with Crippen molar-refractivity contribution in [1.82, 2.24) is 5.43 Å². The Balaban J connectivity index is 1.57. The highest BCUT2D eigenvalue weighted by molar-refractivity contribution is 8.14. The number of rotatable bonds is 3. The maximum Gasteiger partial charge on any atom is 0.232 e. The lowest BCUT2D eigenvalue weighted by Gasteiger charge is -2.22. The maximum atomic E-state index is 13.7. The van der Waals surface area contributed by atoms with Gasteiger partial charge in [0.15, 0.2) is 5.17 Å². The summed E-state index contributed by atoms with van der Waals surface area (Å²) in [5.41, 5.74) is 6.65. The van der Waals surface area contributed by atoms with E-state index in [1.165, 1.54) is 28.4 Å². The number of benzene rings is 2. The summed E-state index contributed by atoms with van der Waals surface area (Å²) >= 11 is 1.44. The summed E-state index contributed by atoms with van der Waals surface area (Å²) in [6.07, 6.45) is 1.90. The van der Waals surface area contributed by atoms with Crippen molar-refractivity contribution in [3.8, 4) is 0 Å². The standard InChI is InChI=1S/C19H19FN4O2S2/c1-12-9-14-10-13(7-8-18(14)24(12)28(2,25)26)17-11-27-19(23-22-17)21-16-6-4-3-5-15(16)20/h3-8,10,12H,9,11H2,1-2H3,(H,21,23)/t12-/m1/s1. The first-order valence-corrected chi connectivity index (χ1v) is 11.6. The van der Waals surface area contributed by atoms with E-state index in [-0.39, 0.29) is 17.5 Å². The van der Waals surface area contributed by atoms with Crippen LogP contribution in [0.4, 0.5) is 15.8 Å². The van der Waals surface area contributed by atoms with Crippen LogP contribution < -0.4 is 9.73 Å². The van der Waals surface area contributed by atoms with Crippen LogP contribution in [0.5, 0.6) is 0 Å². The number of thioether (sulfide) groups is 1. The molecule has 0 saturated carbocycles. The summed E-state index contributed by atoms with van der Waals surface area (Å²) in [5.74, 6) is 0.208. The SMILES string of the molecule is C[C@@H]1Cc2cc(C3=NNC(=Nc4ccccc4F)SC3)ccc2N1S(C)(=O)=O. The number of nitrogens with zero attached hydrogens (tertiary/aromatic N) is 3. The third kappa shape index (κ3) is 3.64. The Labute approximate surface area is 167 Å². The van der Waals surface area contributed by atoms with E-state index in [4.69, 9.17) is 0 Å². The van der Waals surface area contributed by atoms with Crippen molar-refractivity contribution in [2.24, 2.45) is 10.1 Å². The van der Waals surface area contributed by atoms with Crippen LogP contribution in [0.15, 0.2) is 52.6 Å². The molecular formula is C19H19FN4O2S2. The molecule has 28 heavy (non-hydrogen) atoms. The van der Waals surface area contributed by atoms with E-state index in [1.54, 1.807) is 18.2 Å². The quantitative estimate of drug-likeness (QED) is 0.830. The van der Waals surface area contributed by atoms with Gasteiger partial charge in [0.05, 0.1) is 17.7 Å². The highest BCUT2D eigenvalue weighted by atomic mass is 32.2. The highest BCUT2D eigenvalue weighted by Gasteiger charge is 2.32. The number of hydrazone groups is 1. The van der Waals surface area contributed by atoms with E-state index in [2.05, 4.69) is 15.5 Å². The summed E-state index contributed by atoms with van der Waals surface area (Å²) in [7, 11) is -3.30. The lowest BCUT2D eigenvalue weighted by Crippen LogP contribution is -2.34. The van der Waals surface area contributed by atoms with Crippen LogP contribution >= 0.6 is 11.8 Å². The number of aliphatic imine (C=N–C) groups is 1. The molecule has 0 amide bonds. The first-order valence-electron chi connectivity index (χ1n) is 8.74. The molecule has 0 radical (unpaired) electrons. The van der Waals surface area contributed by atoms with Crippen LogP contribution in [0.2, 0.25) is 0 Å². The molecule has 9 heteroatoms. The van der Waals surface area contributed by atoms with Crippen molar-refractivity contribution in [2.75, 3.05) is 16.3 Å². The topological polar surface area (TPSA) is 74.1 Å². The first-order chi connectivity index (χ1) is 13.3. The number of anilines is 1. The fourth-order valence-corrected chi connectivity index (χ4v) is 5.50. The average Bonchev–Trinajstić information content (AvgIpc) is 2.99. The van der Waals surface area contributed by atoms with Gasteiger partial charge in [-0.3, -0.25) is 9.73 Å². The number of halogens is 1. The van der Waals surface area contributed by atoms with Gasteiger partial charge in [0.25, 0.3) is 0 Å². The number of amidine groups is 1. The molecule has 1 N–H and O–H groups in total. The van der Waals surface area contributed by atoms with Crippen LogP contribution in [0.25, 0.3) is 0 Å². The Bertz CT molecular complexity index is 1100. The molecule has 0 spiro atoms. The Morgan fingerprint density at radius 2 is 2.07 bits per heavy atom. The van der Waals surface area contributed by atoms with Gasteiger partial charge < -0.3 is 0 Å². The zero-order valence-corrected chi connectivity index (χ0v) is 17.0. The van der Waals surface area contributed by atoms with E-state index < -0.39 is 10.0 Å². The van der Waals surface area contributed by atoms with E-state index in [0.29, 0.717) is 17.3 Å². The van der Waals surface area contributed by atoms with Gasteiger partial charge in [-0.1, -0.05) is 30.0 Å². The molecular weight excluding hydrogens is 399 g/mol. The summed E-state index contributed by atoms with van der Waals surface area (Å²) in [6, 6.07) is 12.0. The van der Waals surface area contributed by atoms with E-state index in [9.17, 15) is 12.8 Å². The van der Waals surface area contributed by atoms with Crippen molar-refractivity contribution in [1.29, 1.82) is 0 Å². The maximum absolute atomic E-state index is 13.7. The molecule has 0 aromatic heterocycles. The van der Waals surface area contributed by atoms with Crippen LogP contribution in [-0.4, -0.2) is 37.3 Å². The molecule has 0 unspecified atom stereocenters. The molecule has 0 aliphatic carbocycles. The van der Waals surface area contributed by atoms with Gasteiger partial charge in [0, 0.05) is 11.8 Å². The first kappa shape index (κ1) is 18.9. The molecule has 0 bridgehead atoms. The van der Waals surface area contributed by atoms with Crippen molar-refractivity contribution < 1.29 is 12.8 Å². The van der Waals surface area contributed by atoms with Crippen molar-refractivity contribution in [2.45, 2.75) is 19.4 Å². The molecule has 2 heterocycles. The summed E-state index contributed by atoms with van der Waals surface area (Å²) in [5, 5.41) is 4.91. The fraction of sp³-hybridized carbons (Fsp3) is 0.263. The number of para-hydroxylation sites is 1. The summed E-state index contributed by atoms with van der Waals surface area (Å²) < 4.78 is 39.3. The van der Waals surface area contributed by atoms with Crippen molar-refractivity contribution in [3.63, 3.8) is 0 Å². The molecule has 146 valence electrons. The predicted molar refractivity (Wildman–Crippen MR) is 113 cm³/mol. The minimum absolute atomic E-state index is 0.0967. The van der Waals surface area contributed by atoms with E-state index in [0.717, 1.165) is 22.5 Å². The van der Waals surface area contributed by atoms with Crippen LogP contribution in [0.3, 0.4) is 0 Å². The van der Waals surface area contributed by atoms with E-state index >= 15 is 0 Å². The van der Waals surface area contributed by atoms with Gasteiger partial charge in [-0.15, -0.1) is 0 Å². The monoisotopic (exact) mass is 418 g/mol. The molecule has 0 saturated heterocycles. The third-order valence-corrected chi connectivity index (χ3v) is 6.77. The van der Waals surface area contributed by atoms with Crippen LogP contribution in [0, 0.1) is 5.82 Å². The number of sulfonamides is 1. The largest absolute Gasteiger partial charge is 0.267 e. The normalized spacial score (nSPS) is 20.7. The second-order valence-corrected chi connectivity index (χ2v) is 9.61. The van der Waals surface area contributed by atoms with E-state index in [1.807, 2.05) is 25.1 Å². The highest BCUT2D eigenvalue weighted by Crippen LogP contribution is 2.35. The van der Waals surface area contributed by atoms with Crippen LogP contribution in [-0.2, 0) is 16.4 Å². The summed E-state index contributed by atoms with van der Waals surface area (Å²) in [6.45, 7) is 1.90. The van der Waals surface area contributed by atoms with Gasteiger partial charge in [0.1, 0.15) is 11.5 Å². The molecule has 0 fully saturated rings. The van der Waals surface area contributed by atoms with Crippen molar-refractivity contribution in [3.05, 3.63) is 59.4 Å². The number of hydrogen-bond acceptors (Lipinski definition) is 5. The second-order valence-electron chi connectivity index (χ2n) is 6.78. The smallest absolute Gasteiger partial charge is 0.232 e. The Hall–Kier alpha value is -2.39. The van der Waals surface area contributed by atoms with Gasteiger partial charge >= 0.3 is 0 Å². The molecule has 2 aliphatic heterocycles. The Kier molecular flexibility index (Phi) is 4.88. The lowest BCUT2D eigenvalue weighted by atomic mass is 10.0. The predicted octanol–water partition coefficient (Wildman–Crippen LogP) is 3.26. The van der Waals surface area contributed by atoms with Crippen molar-refractivity contribution >= 4 is 44.0 Å². The molecule has 2 aromatic rings. The molecule has 6 nitrogen and oxygen atoms in total. The van der Waals surface area contributed by atoms with Crippen LogP contribution in [0.1, 0.15) is 18.1 Å². The summed E-state index contributed by atoms with van der Waals surface area (Å²) in [4.78, 5) is 4.26. The second kappa shape index (κ2) is 7.21. The Morgan fingerprint density at radius 3 is 2.75 bits per heavy atom. The molecule has 1 atom stereocenters. The number of hydrogen-bond donors (Lipinski definition) is 1. The molecule has 2 aliphatic rings. The minimum atomic E-state index is -3.30. The zero-order valence-electron chi connectivity index (χ0n) is 15.4. The molecule has 2 aromatic carbocycles. The van der Waals surface area contributed by atoms with Gasteiger partial charge in [-0.05, 0) is 48.7 Å². The Morgan fingerprint density at radius 1 is 1.29 bits per heavy atom. The van der Waals surface area contributed by atoms with Gasteiger partial charge in [0.2, 0.25) is 10.0 Å².